The van der Waals surface area contributed by atoms with Crippen LogP contribution in [-0.4, -0.2) is 26.0 Å². The molecule has 1 amide bonds. The van der Waals surface area contributed by atoms with Gasteiger partial charge in [0.15, 0.2) is 5.96 Å². The van der Waals surface area contributed by atoms with Crippen molar-refractivity contribution in [1.82, 2.24) is 16.0 Å². The van der Waals surface area contributed by atoms with Crippen LogP contribution in [0.3, 0.4) is 0 Å². The average Bonchev–Trinajstić information content (AvgIpc) is 3.09. The van der Waals surface area contributed by atoms with Gasteiger partial charge in [-0.1, -0.05) is 19.1 Å². The van der Waals surface area contributed by atoms with Crippen molar-refractivity contribution in [3.05, 3.63) is 57.3 Å². The number of hydrogen-bond donors (Lipinski definition) is 3. The topological polar surface area (TPSA) is 65.5 Å². The summed E-state index contributed by atoms with van der Waals surface area (Å²) >= 11 is 1.82. The largest absolute Gasteiger partial charge is 0.355 e. The number of aliphatic imine (C=N–C) groups is 1. The minimum atomic E-state index is -0.0798. The smallest absolute Gasteiger partial charge is 0.251 e. The Hall–Kier alpha value is -2.34. The molecule has 1 aromatic heterocycles. The quantitative estimate of drug-likeness (QED) is 0.557. The molecule has 2 aromatic rings. The van der Waals surface area contributed by atoms with Crippen LogP contribution in [0.25, 0.3) is 0 Å². The fourth-order valence-electron chi connectivity index (χ4n) is 2.25. The van der Waals surface area contributed by atoms with Crippen molar-refractivity contribution < 1.29 is 4.79 Å². The highest BCUT2D eigenvalue weighted by Crippen LogP contribution is 2.16. The van der Waals surface area contributed by atoms with Crippen molar-refractivity contribution in [2.45, 2.75) is 26.4 Å². The molecule has 0 unspecified atom stereocenters. The van der Waals surface area contributed by atoms with E-state index in [-0.39, 0.29) is 5.91 Å². The monoisotopic (exact) mass is 344 g/mol. The molecule has 0 fully saturated rings. The molecule has 6 heteroatoms. The molecular formula is C18H24N4OS. The number of thiophene rings is 1. The number of guanidine groups is 1. The Kier molecular flexibility index (Phi) is 6.81. The zero-order valence-corrected chi connectivity index (χ0v) is 15.2. The van der Waals surface area contributed by atoms with Gasteiger partial charge in [0.1, 0.15) is 0 Å². The highest BCUT2D eigenvalue weighted by Gasteiger charge is 2.05. The van der Waals surface area contributed by atoms with Crippen LogP contribution >= 0.6 is 11.3 Å². The maximum atomic E-state index is 11.7. The molecule has 1 aromatic carbocycles. The molecule has 0 aliphatic heterocycles. The second kappa shape index (κ2) is 9.08. The van der Waals surface area contributed by atoms with Crippen LogP contribution in [0.2, 0.25) is 0 Å². The lowest BCUT2D eigenvalue weighted by Crippen LogP contribution is -2.36. The number of nitrogens with one attached hydrogen (secondary N) is 3. The fourth-order valence-corrected chi connectivity index (χ4v) is 3.15. The van der Waals surface area contributed by atoms with Crippen molar-refractivity contribution in [2.75, 3.05) is 14.1 Å². The number of nitrogens with zero attached hydrogens (tertiary/aromatic N) is 1. The van der Waals surface area contributed by atoms with E-state index < -0.39 is 0 Å². The maximum Gasteiger partial charge on any atom is 0.251 e. The summed E-state index contributed by atoms with van der Waals surface area (Å²) in [4.78, 5) is 18.6. The van der Waals surface area contributed by atoms with Crippen molar-refractivity contribution in [3.8, 4) is 0 Å². The molecule has 128 valence electrons. The average molecular weight is 344 g/mol. The van der Waals surface area contributed by atoms with E-state index in [0.717, 1.165) is 24.5 Å². The molecule has 1 heterocycles. The number of benzene rings is 1. The van der Waals surface area contributed by atoms with Crippen LogP contribution in [0.4, 0.5) is 0 Å². The number of hydrogen-bond acceptors (Lipinski definition) is 3. The summed E-state index contributed by atoms with van der Waals surface area (Å²) in [5.41, 5.74) is 1.69. The zero-order valence-electron chi connectivity index (χ0n) is 14.3. The highest BCUT2D eigenvalue weighted by atomic mass is 32.1. The lowest BCUT2D eigenvalue weighted by atomic mass is 10.1. The molecule has 5 nitrogen and oxygen atoms in total. The molecule has 0 atom stereocenters. The minimum Gasteiger partial charge on any atom is -0.355 e. The Morgan fingerprint density at radius 2 is 1.88 bits per heavy atom. The third kappa shape index (κ3) is 5.09. The van der Waals surface area contributed by atoms with Gasteiger partial charge in [-0.05, 0) is 36.2 Å². The summed E-state index contributed by atoms with van der Waals surface area (Å²) in [5.74, 6) is 0.663. The SMILES string of the molecule is CCc1ccc(CNC(=NC)NCc2cccc(C(=O)NC)c2)s1. The van der Waals surface area contributed by atoms with Crippen LogP contribution in [0, 0.1) is 0 Å². The summed E-state index contributed by atoms with van der Waals surface area (Å²) in [7, 11) is 3.38. The maximum absolute atomic E-state index is 11.7. The third-order valence-electron chi connectivity index (χ3n) is 3.60. The van der Waals surface area contributed by atoms with Gasteiger partial charge in [0, 0.05) is 36.0 Å². The molecule has 0 spiro atoms. The van der Waals surface area contributed by atoms with E-state index in [1.54, 1.807) is 20.2 Å². The van der Waals surface area contributed by atoms with Gasteiger partial charge in [-0.3, -0.25) is 9.79 Å². The lowest BCUT2D eigenvalue weighted by molar-refractivity contribution is 0.0963. The van der Waals surface area contributed by atoms with Crippen LogP contribution in [-0.2, 0) is 19.5 Å². The molecule has 0 bridgehead atoms. The van der Waals surface area contributed by atoms with Crippen molar-refractivity contribution in [1.29, 1.82) is 0 Å². The number of amides is 1. The predicted molar refractivity (Wildman–Crippen MR) is 101 cm³/mol. The van der Waals surface area contributed by atoms with Crippen molar-refractivity contribution in [3.63, 3.8) is 0 Å². The van der Waals surface area contributed by atoms with E-state index in [9.17, 15) is 4.79 Å². The van der Waals surface area contributed by atoms with Gasteiger partial charge in [-0.25, -0.2) is 0 Å². The van der Waals surface area contributed by atoms with E-state index in [0.29, 0.717) is 12.1 Å². The minimum absolute atomic E-state index is 0.0798. The first kappa shape index (κ1) is 18.0. The Bertz CT molecular complexity index is 709. The summed E-state index contributed by atoms with van der Waals surface area (Å²) in [6.07, 6.45) is 1.07. The number of rotatable bonds is 6. The van der Waals surface area contributed by atoms with E-state index in [1.165, 1.54) is 9.75 Å². The van der Waals surface area contributed by atoms with Gasteiger partial charge in [0.25, 0.3) is 5.91 Å². The van der Waals surface area contributed by atoms with E-state index >= 15 is 0 Å². The number of carbonyl (C=O) groups is 1. The van der Waals surface area contributed by atoms with Gasteiger partial charge in [0.2, 0.25) is 0 Å². The fraction of sp³-hybridized carbons (Fsp3) is 0.333. The first-order chi connectivity index (χ1) is 11.7. The van der Waals surface area contributed by atoms with Crippen LogP contribution in [0.5, 0.6) is 0 Å². The molecule has 3 N–H and O–H groups in total. The molecule has 0 saturated heterocycles. The van der Waals surface area contributed by atoms with Gasteiger partial charge >= 0.3 is 0 Å². The molecule has 0 saturated carbocycles. The second-order valence-corrected chi connectivity index (χ2v) is 6.53. The van der Waals surface area contributed by atoms with Crippen molar-refractivity contribution in [2.24, 2.45) is 4.99 Å². The molecule has 2 rings (SSSR count). The van der Waals surface area contributed by atoms with Gasteiger partial charge in [-0.15, -0.1) is 11.3 Å². The zero-order chi connectivity index (χ0) is 17.4. The van der Waals surface area contributed by atoms with Crippen molar-refractivity contribution >= 4 is 23.2 Å². The Labute approximate surface area is 147 Å². The Morgan fingerprint density at radius 1 is 1.12 bits per heavy atom. The van der Waals surface area contributed by atoms with E-state index in [2.05, 4.69) is 40.0 Å². The first-order valence-corrected chi connectivity index (χ1v) is 8.81. The molecule has 24 heavy (non-hydrogen) atoms. The summed E-state index contributed by atoms with van der Waals surface area (Å²) in [5, 5.41) is 9.22. The lowest BCUT2D eigenvalue weighted by Gasteiger charge is -2.12. The van der Waals surface area contributed by atoms with Gasteiger partial charge < -0.3 is 16.0 Å². The standard InChI is InChI=1S/C18H24N4OS/c1-4-15-8-9-16(24-15)12-22-18(20-3)21-11-13-6-5-7-14(10-13)17(23)19-2/h5-10H,4,11-12H2,1-3H3,(H,19,23)(H2,20,21,22). The van der Waals surface area contributed by atoms with Gasteiger partial charge in [0.05, 0.1) is 6.54 Å². The number of aryl methyl sites for hydroxylation is 1. The molecular weight excluding hydrogens is 320 g/mol. The molecule has 0 aliphatic rings. The third-order valence-corrected chi connectivity index (χ3v) is 4.83. The highest BCUT2D eigenvalue weighted by molar-refractivity contribution is 7.11. The second-order valence-electron chi connectivity index (χ2n) is 5.28. The summed E-state index contributed by atoms with van der Waals surface area (Å²) in [6.45, 7) is 3.52. The normalized spacial score (nSPS) is 11.2. The summed E-state index contributed by atoms with van der Waals surface area (Å²) in [6, 6.07) is 11.9. The molecule has 0 radical (unpaired) electrons. The molecule has 0 aliphatic carbocycles. The summed E-state index contributed by atoms with van der Waals surface area (Å²) < 4.78 is 0. The van der Waals surface area contributed by atoms with E-state index in [4.69, 9.17) is 0 Å². The van der Waals surface area contributed by atoms with Crippen LogP contribution in [0.15, 0.2) is 41.4 Å². The van der Waals surface area contributed by atoms with E-state index in [1.807, 2.05) is 29.5 Å². The van der Waals surface area contributed by atoms with Gasteiger partial charge in [-0.2, -0.15) is 0 Å². The number of carbonyl (C=O) groups excluding carboxylic acids is 1. The Morgan fingerprint density at radius 3 is 2.54 bits per heavy atom. The van der Waals surface area contributed by atoms with Crippen LogP contribution in [0.1, 0.15) is 32.6 Å². The predicted octanol–water partition coefficient (Wildman–Crippen LogP) is 2.54. The first-order valence-electron chi connectivity index (χ1n) is 7.99. The Balaban J connectivity index is 1.88. The van der Waals surface area contributed by atoms with Crippen LogP contribution < -0.4 is 16.0 Å².